The summed E-state index contributed by atoms with van der Waals surface area (Å²) >= 11 is 0. The first kappa shape index (κ1) is 15.4. The lowest BCUT2D eigenvalue weighted by atomic mass is 10.1. The minimum Gasteiger partial charge on any atom is -0.296 e. The van der Waals surface area contributed by atoms with E-state index in [2.05, 4.69) is 15.9 Å². The number of halogens is 1. The molecular formula is C16H19FN4. The molecule has 0 aromatic heterocycles. The van der Waals surface area contributed by atoms with E-state index in [0.29, 0.717) is 17.7 Å². The molecule has 0 N–H and O–H groups in total. The third kappa shape index (κ3) is 3.78. The molecule has 1 aliphatic rings. The van der Waals surface area contributed by atoms with Gasteiger partial charge >= 0.3 is 0 Å². The first-order chi connectivity index (χ1) is 10.2. The van der Waals surface area contributed by atoms with Gasteiger partial charge in [-0.15, -0.1) is 0 Å². The molecule has 0 radical (unpaired) electrons. The Balaban J connectivity index is 1.92. The SMILES string of the molecule is CCC(C#N)N1CCN(Cc2ccc(C#N)cc2F)CC1. The van der Waals surface area contributed by atoms with Crippen molar-refractivity contribution in [2.75, 3.05) is 26.2 Å². The number of benzene rings is 1. The average Bonchev–Trinajstić information content (AvgIpc) is 2.52. The van der Waals surface area contributed by atoms with Gasteiger partial charge in [-0.1, -0.05) is 13.0 Å². The van der Waals surface area contributed by atoms with Gasteiger partial charge in [0.15, 0.2) is 0 Å². The fourth-order valence-corrected chi connectivity index (χ4v) is 2.65. The molecule has 0 saturated carbocycles. The van der Waals surface area contributed by atoms with Gasteiger partial charge in [0.2, 0.25) is 0 Å². The molecule has 1 aromatic rings. The Kier molecular flexibility index (Phi) is 5.27. The van der Waals surface area contributed by atoms with Crippen LogP contribution in [0.4, 0.5) is 4.39 Å². The van der Waals surface area contributed by atoms with Gasteiger partial charge in [-0.2, -0.15) is 10.5 Å². The van der Waals surface area contributed by atoms with Gasteiger partial charge in [0.1, 0.15) is 5.82 Å². The number of nitrogens with zero attached hydrogens (tertiary/aromatic N) is 4. The molecule has 1 aromatic carbocycles. The van der Waals surface area contributed by atoms with Crippen molar-refractivity contribution in [3.05, 3.63) is 35.1 Å². The third-order valence-corrected chi connectivity index (χ3v) is 3.96. The number of hydrogen-bond acceptors (Lipinski definition) is 4. The predicted molar refractivity (Wildman–Crippen MR) is 77.7 cm³/mol. The van der Waals surface area contributed by atoms with Crippen LogP contribution in [0.3, 0.4) is 0 Å². The van der Waals surface area contributed by atoms with E-state index >= 15 is 0 Å². The molecule has 1 heterocycles. The van der Waals surface area contributed by atoms with Crippen LogP contribution in [-0.2, 0) is 6.54 Å². The zero-order chi connectivity index (χ0) is 15.2. The maximum Gasteiger partial charge on any atom is 0.129 e. The van der Waals surface area contributed by atoms with E-state index in [1.165, 1.54) is 6.07 Å². The van der Waals surface area contributed by atoms with E-state index in [4.69, 9.17) is 10.5 Å². The summed E-state index contributed by atoms with van der Waals surface area (Å²) in [4.78, 5) is 4.37. The summed E-state index contributed by atoms with van der Waals surface area (Å²) in [6.45, 7) is 5.91. The molecule has 0 bridgehead atoms. The molecule has 4 nitrogen and oxygen atoms in total. The lowest BCUT2D eigenvalue weighted by molar-refractivity contribution is 0.107. The van der Waals surface area contributed by atoms with Gasteiger partial charge in [-0.3, -0.25) is 9.80 Å². The minimum absolute atomic E-state index is 0.0150. The van der Waals surface area contributed by atoms with E-state index in [0.717, 1.165) is 32.6 Å². The van der Waals surface area contributed by atoms with Crippen molar-refractivity contribution in [2.45, 2.75) is 25.9 Å². The molecule has 2 rings (SSSR count). The third-order valence-electron chi connectivity index (χ3n) is 3.96. The molecule has 1 aliphatic heterocycles. The van der Waals surface area contributed by atoms with Crippen molar-refractivity contribution >= 4 is 0 Å². The molecule has 21 heavy (non-hydrogen) atoms. The van der Waals surface area contributed by atoms with Gasteiger partial charge in [0, 0.05) is 38.3 Å². The predicted octanol–water partition coefficient (Wildman–Crippen LogP) is 2.12. The Morgan fingerprint density at radius 2 is 1.95 bits per heavy atom. The van der Waals surface area contributed by atoms with Crippen molar-refractivity contribution in [2.24, 2.45) is 0 Å². The van der Waals surface area contributed by atoms with Crippen LogP contribution in [0.25, 0.3) is 0 Å². The second-order valence-corrected chi connectivity index (χ2v) is 5.28. The topological polar surface area (TPSA) is 54.1 Å². The van der Waals surface area contributed by atoms with Gasteiger partial charge in [0.25, 0.3) is 0 Å². The Labute approximate surface area is 125 Å². The van der Waals surface area contributed by atoms with Gasteiger partial charge < -0.3 is 0 Å². The average molecular weight is 286 g/mol. The van der Waals surface area contributed by atoms with E-state index in [9.17, 15) is 4.39 Å². The van der Waals surface area contributed by atoms with Crippen LogP contribution in [0.2, 0.25) is 0 Å². The molecule has 110 valence electrons. The van der Waals surface area contributed by atoms with E-state index in [-0.39, 0.29) is 11.9 Å². The number of piperazine rings is 1. The zero-order valence-electron chi connectivity index (χ0n) is 12.2. The summed E-state index contributed by atoms with van der Waals surface area (Å²) in [6.07, 6.45) is 0.834. The van der Waals surface area contributed by atoms with Crippen LogP contribution in [-0.4, -0.2) is 42.0 Å². The van der Waals surface area contributed by atoms with Crippen molar-refractivity contribution in [1.29, 1.82) is 10.5 Å². The second kappa shape index (κ2) is 7.17. The summed E-state index contributed by atoms with van der Waals surface area (Å²) in [5.74, 6) is -0.320. The quantitative estimate of drug-likeness (QED) is 0.850. The van der Waals surface area contributed by atoms with Crippen molar-refractivity contribution in [3.8, 4) is 12.1 Å². The maximum atomic E-state index is 13.9. The molecule has 1 unspecified atom stereocenters. The molecule has 0 amide bonds. The van der Waals surface area contributed by atoms with Gasteiger partial charge in [0.05, 0.1) is 23.7 Å². The lowest BCUT2D eigenvalue weighted by Gasteiger charge is -2.36. The first-order valence-corrected chi connectivity index (χ1v) is 7.22. The van der Waals surface area contributed by atoms with E-state index < -0.39 is 0 Å². The maximum absolute atomic E-state index is 13.9. The zero-order valence-corrected chi connectivity index (χ0v) is 12.2. The number of nitriles is 2. The fraction of sp³-hybridized carbons (Fsp3) is 0.500. The highest BCUT2D eigenvalue weighted by atomic mass is 19.1. The highest BCUT2D eigenvalue weighted by Crippen LogP contribution is 2.15. The van der Waals surface area contributed by atoms with Crippen molar-refractivity contribution in [1.82, 2.24) is 9.80 Å². The monoisotopic (exact) mass is 286 g/mol. The summed E-state index contributed by atoms with van der Waals surface area (Å²) in [5, 5.41) is 17.8. The van der Waals surface area contributed by atoms with Crippen molar-refractivity contribution < 1.29 is 4.39 Å². The number of hydrogen-bond donors (Lipinski definition) is 0. The highest BCUT2D eigenvalue weighted by molar-refractivity contribution is 5.32. The summed E-state index contributed by atoms with van der Waals surface area (Å²) in [7, 11) is 0. The molecule has 5 heteroatoms. The molecular weight excluding hydrogens is 267 g/mol. The Hall–Kier alpha value is -1.95. The molecule has 1 saturated heterocycles. The van der Waals surface area contributed by atoms with Crippen molar-refractivity contribution in [3.63, 3.8) is 0 Å². The van der Waals surface area contributed by atoms with Crippen LogP contribution in [0, 0.1) is 28.5 Å². The Bertz CT molecular complexity index is 565. The Morgan fingerprint density at radius 3 is 2.48 bits per heavy atom. The summed E-state index contributed by atoms with van der Waals surface area (Å²) in [5.41, 5.74) is 0.968. The summed E-state index contributed by atoms with van der Waals surface area (Å²) in [6, 6.07) is 8.87. The van der Waals surface area contributed by atoms with Crippen LogP contribution in [0.1, 0.15) is 24.5 Å². The minimum atomic E-state index is -0.320. The van der Waals surface area contributed by atoms with Crippen LogP contribution >= 0.6 is 0 Å². The van der Waals surface area contributed by atoms with Crippen LogP contribution in [0.5, 0.6) is 0 Å². The normalized spacial score (nSPS) is 17.9. The smallest absolute Gasteiger partial charge is 0.129 e. The second-order valence-electron chi connectivity index (χ2n) is 5.28. The molecule has 1 fully saturated rings. The molecule has 1 atom stereocenters. The largest absolute Gasteiger partial charge is 0.296 e. The summed E-state index contributed by atoms with van der Waals surface area (Å²) < 4.78 is 13.9. The first-order valence-electron chi connectivity index (χ1n) is 7.22. The lowest BCUT2D eigenvalue weighted by Crippen LogP contribution is -2.49. The van der Waals surface area contributed by atoms with Gasteiger partial charge in [-0.25, -0.2) is 4.39 Å². The van der Waals surface area contributed by atoms with Gasteiger partial charge in [-0.05, 0) is 18.6 Å². The van der Waals surface area contributed by atoms with E-state index in [1.807, 2.05) is 13.0 Å². The highest BCUT2D eigenvalue weighted by Gasteiger charge is 2.22. The number of rotatable bonds is 4. The van der Waals surface area contributed by atoms with Crippen LogP contribution < -0.4 is 0 Å². The fourth-order valence-electron chi connectivity index (χ4n) is 2.65. The Morgan fingerprint density at radius 1 is 1.24 bits per heavy atom. The van der Waals surface area contributed by atoms with E-state index in [1.54, 1.807) is 12.1 Å². The molecule has 0 aliphatic carbocycles. The standard InChI is InChI=1S/C16H19FN4/c1-2-15(11-19)21-7-5-20(6-8-21)12-14-4-3-13(10-18)9-16(14)17/h3-4,9,15H,2,5-8,12H2,1H3. The van der Waals surface area contributed by atoms with Crippen LogP contribution in [0.15, 0.2) is 18.2 Å². The molecule has 0 spiro atoms.